The van der Waals surface area contributed by atoms with Gasteiger partial charge in [-0.3, -0.25) is 14.9 Å². The SMILES string of the molecule is O=C(N/N=C\c1ccc([N+](=O)[O-])cc1)C1=CC[NH+](Cc2ccccc2)CC1. The van der Waals surface area contributed by atoms with E-state index >= 15 is 0 Å². The summed E-state index contributed by atoms with van der Waals surface area (Å²) in [5.74, 6) is -0.202. The molecular formula is C20H21N4O3+. The molecule has 0 bridgehead atoms. The standard InChI is InChI=1S/C20H20N4O3/c25-20(22-21-14-16-6-8-19(9-7-16)24(26)27)18-10-12-23(13-11-18)15-17-4-2-1-3-5-17/h1-10,14H,11-13,15H2,(H,22,25)/p+1/b21-14-. The second-order valence-electron chi connectivity index (χ2n) is 6.39. The summed E-state index contributed by atoms with van der Waals surface area (Å²) in [7, 11) is 0. The topological polar surface area (TPSA) is 89.0 Å². The van der Waals surface area contributed by atoms with Crippen molar-refractivity contribution in [2.75, 3.05) is 13.1 Å². The Bertz CT molecular complexity index is 861. The van der Waals surface area contributed by atoms with E-state index in [-0.39, 0.29) is 11.6 Å². The number of non-ortho nitro benzene ring substituents is 1. The normalized spacial score (nSPS) is 16.7. The Balaban J connectivity index is 1.49. The van der Waals surface area contributed by atoms with Crippen LogP contribution < -0.4 is 10.3 Å². The molecule has 7 heteroatoms. The van der Waals surface area contributed by atoms with Crippen molar-refractivity contribution in [1.29, 1.82) is 0 Å². The molecule has 0 saturated carbocycles. The van der Waals surface area contributed by atoms with E-state index in [2.05, 4.69) is 22.7 Å². The van der Waals surface area contributed by atoms with Gasteiger partial charge in [0, 0.05) is 29.7 Å². The van der Waals surface area contributed by atoms with E-state index in [9.17, 15) is 14.9 Å². The Kier molecular flexibility index (Phi) is 6.06. The van der Waals surface area contributed by atoms with Gasteiger partial charge in [-0.1, -0.05) is 30.3 Å². The Hall–Kier alpha value is -3.32. The van der Waals surface area contributed by atoms with E-state index in [0.29, 0.717) is 12.0 Å². The summed E-state index contributed by atoms with van der Waals surface area (Å²) < 4.78 is 0. The largest absolute Gasteiger partial charge is 0.328 e. The minimum absolute atomic E-state index is 0.0195. The zero-order chi connectivity index (χ0) is 19.1. The molecule has 2 aromatic rings. The summed E-state index contributed by atoms with van der Waals surface area (Å²) in [6.07, 6.45) is 4.15. The van der Waals surface area contributed by atoms with Crippen molar-refractivity contribution in [2.45, 2.75) is 13.0 Å². The molecule has 27 heavy (non-hydrogen) atoms. The molecule has 1 heterocycles. The van der Waals surface area contributed by atoms with E-state index in [0.717, 1.165) is 25.2 Å². The van der Waals surface area contributed by atoms with Crippen LogP contribution in [0.4, 0.5) is 5.69 Å². The number of carbonyl (C=O) groups excluding carboxylic acids is 1. The van der Waals surface area contributed by atoms with Gasteiger partial charge in [0.05, 0.1) is 24.2 Å². The van der Waals surface area contributed by atoms with Crippen LogP contribution in [0.15, 0.2) is 71.3 Å². The number of nitrogens with one attached hydrogen (secondary N) is 2. The molecule has 0 radical (unpaired) electrons. The van der Waals surface area contributed by atoms with Gasteiger partial charge in [-0.25, -0.2) is 5.43 Å². The van der Waals surface area contributed by atoms with Crippen LogP contribution in [-0.2, 0) is 11.3 Å². The number of hydrogen-bond acceptors (Lipinski definition) is 4. The fourth-order valence-electron chi connectivity index (χ4n) is 2.95. The Labute approximate surface area is 157 Å². The number of hydrazone groups is 1. The highest BCUT2D eigenvalue weighted by Crippen LogP contribution is 2.10. The van der Waals surface area contributed by atoms with Crippen LogP contribution in [0.1, 0.15) is 17.5 Å². The van der Waals surface area contributed by atoms with Gasteiger partial charge in [0.2, 0.25) is 0 Å². The first kappa shape index (κ1) is 18.5. The third kappa shape index (κ3) is 5.32. The number of nitro benzene ring substituents is 1. The summed E-state index contributed by atoms with van der Waals surface area (Å²) in [6, 6.07) is 16.3. The molecule has 1 amide bonds. The Morgan fingerprint density at radius 3 is 2.56 bits per heavy atom. The van der Waals surface area contributed by atoms with Crippen molar-refractivity contribution in [3.63, 3.8) is 0 Å². The number of amides is 1. The number of hydrogen-bond donors (Lipinski definition) is 2. The first-order chi connectivity index (χ1) is 13.1. The van der Waals surface area contributed by atoms with Gasteiger partial charge in [0.1, 0.15) is 6.54 Å². The highest BCUT2D eigenvalue weighted by molar-refractivity contribution is 5.94. The maximum atomic E-state index is 12.2. The lowest BCUT2D eigenvalue weighted by Gasteiger charge is -2.22. The van der Waals surface area contributed by atoms with Gasteiger partial charge in [0.15, 0.2) is 0 Å². The third-order valence-corrected chi connectivity index (χ3v) is 4.46. The first-order valence-electron chi connectivity index (χ1n) is 8.76. The number of rotatable bonds is 6. The van der Waals surface area contributed by atoms with Crippen molar-refractivity contribution in [3.05, 3.63) is 87.5 Å². The second kappa shape index (κ2) is 8.86. The molecule has 1 aliphatic heterocycles. The molecule has 2 N–H and O–H groups in total. The molecule has 1 unspecified atom stereocenters. The molecule has 0 aromatic heterocycles. The highest BCUT2D eigenvalue weighted by atomic mass is 16.6. The zero-order valence-corrected chi connectivity index (χ0v) is 14.8. The zero-order valence-electron chi connectivity index (χ0n) is 14.8. The fraction of sp³-hybridized carbons (Fsp3) is 0.200. The molecule has 3 rings (SSSR count). The van der Waals surface area contributed by atoms with Gasteiger partial charge in [0.25, 0.3) is 11.6 Å². The predicted octanol–water partition coefficient (Wildman–Crippen LogP) is 1.46. The second-order valence-corrected chi connectivity index (χ2v) is 6.39. The average molecular weight is 365 g/mol. The quantitative estimate of drug-likeness (QED) is 0.461. The number of benzene rings is 2. The predicted molar refractivity (Wildman–Crippen MR) is 102 cm³/mol. The van der Waals surface area contributed by atoms with E-state index < -0.39 is 4.92 Å². The Morgan fingerprint density at radius 2 is 1.93 bits per heavy atom. The fourth-order valence-corrected chi connectivity index (χ4v) is 2.95. The molecule has 2 aromatic carbocycles. The molecule has 1 atom stereocenters. The van der Waals surface area contributed by atoms with Crippen molar-refractivity contribution >= 4 is 17.8 Å². The van der Waals surface area contributed by atoms with E-state index in [1.165, 1.54) is 28.8 Å². The van der Waals surface area contributed by atoms with Crippen LogP contribution in [0.3, 0.4) is 0 Å². The minimum Gasteiger partial charge on any atom is -0.328 e. The van der Waals surface area contributed by atoms with Crippen LogP contribution in [0.25, 0.3) is 0 Å². The lowest BCUT2D eigenvalue weighted by Crippen LogP contribution is -3.11. The van der Waals surface area contributed by atoms with Crippen molar-refractivity contribution in [1.82, 2.24) is 5.43 Å². The number of quaternary nitrogens is 1. The first-order valence-corrected chi connectivity index (χ1v) is 8.76. The summed E-state index contributed by atoms with van der Waals surface area (Å²) in [5, 5.41) is 14.6. The molecule has 0 saturated heterocycles. The van der Waals surface area contributed by atoms with Gasteiger partial charge >= 0.3 is 0 Å². The highest BCUT2D eigenvalue weighted by Gasteiger charge is 2.19. The van der Waals surface area contributed by atoms with Gasteiger partial charge in [-0.2, -0.15) is 5.10 Å². The molecule has 0 fully saturated rings. The third-order valence-electron chi connectivity index (χ3n) is 4.46. The van der Waals surface area contributed by atoms with Crippen LogP contribution in [0, 0.1) is 10.1 Å². The maximum Gasteiger partial charge on any atom is 0.269 e. The van der Waals surface area contributed by atoms with Crippen molar-refractivity contribution < 1.29 is 14.6 Å². The lowest BCUT2D eigenvalue weighted by atomic mass is 10.1. The number of carbonyl (C=O) groups is 1. The average Bonchev–Trinajstić information content (AvgIpc) is 2.69. The van der Waals surface area contributed by atoms with Crippen molar-refractivity contribution in [2.24, 2.45) is 5.10 Å². The van der Waals surface area contributed by atoms with Gasteiger partial charge in [-0.05, 0) is 23.8 Å². The maximum absolute atomic E-state index is 12.2. The van der Waals surface area contributed by atoms with Crippen LogP contribution >= 0.6 is 0 Å². The molecule has 0 spiro atoms. The van der Waals surface area contributed by atoms with Crippen molar-refractivity contribution in [3.8, 4) is 0 Å². The minimum atomic E-state index is -0.457. The molecular weight excluding hydrogens is 344 g/mol. The van der Waals surface area contributed by atoms with E-state index in [1.54, 1.807) is 12.1 Å². The van der Waals surface area contributed by atoms with Crippen LogP contribution in [-0.4, -0.2) is 30.1 Å². The summed E-state index contributed by atoms with van der Waals surface area (Å²) >= 11 is 0. The smallest absolute Gasteiger partial charge is 0.269 e. The lowest BCUT2D eigenvalue weighted by molar-refractivity contribution is -0.909. The van der Waals surface area contributed by atoms with Gasteiger partial charge in [-0.15, -0.1) is 0 Å². The number of nitrogens with zero attached hydrogens (tertiary/aromatic N) is 2. The summed E-state index contributed by atoms with van der Waals surface area (Å²) in [4.78, 5) is 23.8. The summed E-state index contributed by atoms with van der Waals surface area (Å²) in [5.41, 5.74) is 5.26. The van der Waals surface area contributed by atoms with E-state index in [1.807, 2.05) is 24.3 Å². The van der Waals surface area contributed by atoms with E-state index in [4.69, 9.17) is 0 Å². The van der Waals surface area contributed by atoms with Crippen LogP contribution in [0.2, 0.25) is 0 Å². The molecule has 1 aliphatic rings. The molecule has 7 nitrogen and oxygen atoms in total. The number of nitro groups is 1. The molecule has 138 valence electrons. The Morgan fingerprint density at radius 1 is 1.19 bits per heavy atom. The van der Waals surface area contributed by atoms with Gasteiger partial charge < -0.3 is 4.90 Å². The van der Waals surface area contributed by atoms with Crippen LogP contribution in [0.5, 0.6) is 0 Å². The summed E-state index contributed by atoms with van der Waals surface area (Å²) in [6.45, 7) is 2.66. The molecule has 0 aliphatic carbocycles. The monoisotopic (exact) mass is 365 g/mol.